The van der Waals surface area contributed by atoms with Crippen LogP contribution in [0, 0.1) is 10.1 Å². The van der Waals surface area contributed by atoms with Gasteiger partial charge >= 0.3 is 0 Å². The third kappa shape index (κ3) is 2.66. The van der Waals surface area contributed by atoms with Crippen LogP contribution in [0.15, 0.2) is 12.3 Å². The van der Waals surface area contributed by atoms with E-state index in [9.17, 15) is 14.9 Å². The van der Waals surface area contributed by atoms with E-state index < -0.39 is 4.92 Å². The zero-order chi connectivity index (χ0) is 12.3. The van der Waals surface area contributed by atoms with Crippen LogP contribution in [-0.4, -0.2) is 29.9 Å². The minimum Gasteiger partial charge on any atom is -0.374 e. The van der Waals surface area contributed by atoms with Crippen molar-refractivity contribution in [3.8, 4) is 0 Å². The average molecular weight is 224 g/mol. The predicted molar refractivity (Wildman–Crippen MR) is 59.5 cm³/mol. The molecule has 0 saturated heterocycles. The summed E-state index contributed by atoms with van der Waals surface area (Å²) in [5.74, 6) is 0.0348. The van der Waals surface area contributed by atoms with Crippen LogP contribution in [-0.2, 0) is 4.79 Å². The van der Waals surface area contributed by atoms with Gasteiger partial charge in [0, 0.05) is 27.1 Å². The molecule has 16 heavy (non-hydrogen) atoms. The zero-order valence-electron chi connectivity index (χ0n) is 9.22. The largest absolute Gasteiger partial charge is 0.374 e. The van der Waals surface area contributed by atoms with Gasteiger partial charge in [-0.15, -0.1) is 0 Å². The number of carbonyl (C=O) groups excluding carboxylic acids is 1. The molecule has 7 heteroatoms. The molecule has 0 aliphatic heterocycles. The highest BCUT2D eigenvalue weighted by Crippen LogP contribution is 2.26. The fourth-order valence-corrected chi connectivity index (χ4v) is 1.15. The molecule has 7 nitrogen and oxygen atoms in total. The number of anilines is 2. The number of hydrogen-bond acceptors (Lipinski definition) is 5. The predicted octanol–water partition coefficient (Wildman–Crippen LogP) is 1.01. The summed E-state index contributed by atoms with van der Waals surface area (Å²) in [6.07, 6.45) is 1.11. The Morgan fingerprint density at radius 1 is 1.56 bits per heavy atom. The molecule has 86 valence electrons. The van der Waals surface area contributed by atoms with Crippen LogP contribution in [0.4, 0.5) is 17.2 Å². The van der Waals surface area contributed by atoms with Crippen molar-refractivity contribution in [2.24, 2.45) is 0 Å². The number of nitrogens with zero attached hydrogens (tertiary/aromatic N) is 3. The van der Waals surface area contributed by atoms with Crippen LogP contribution in [0.2, 0.25) is 0 Å². The highest BCUT2D eigenvalue weighted by atomic mass is 16.6. The van der Waals surface area contributed by atoms with Gasteiger partial charge < -0.3 is 10.2 Å². The summed E-state index contributed by atoms with van der Waals surface area (Å²) in [6, 6.07) is 1.36. The molecule has 0 spiro atoms. The van der Waals surface area contributed by atoms with Crippen molar-refractivity contribution < 1.29 is 9.72 Å². The van der Waals surface area contributed by atoms with Crippen LogP contribution in [0.25, 0.3) is 0 Å². The molecule has 1 amide bonds. The molecule has 1 aromatic heterocycles. The SMILES string of the molecule is CC(=O)Nc1ncc([N+](=O)[O-])cc1N(C)C. The first-order chi connectivity index (χ1) is 7.41. The Kier molecular flexibility index (Phi) is 3.39. The Hall–Kier alpha value is -2.18. The number of rotatable bonds is 3. The van der Waals surface area contributed by atoms with Gasteiger partial charge in [0.15, 0.2) is 5.82 Å². The van der Waals surface area contributed by atoms with Gasteiger partial charge in [-0.3, -0.25) is 14.9 Å². The fraction of sp³-hybridized carbons (Fsp3) is 0.333. The summed E-state index contributed by atoms with van der Waals surface area (Å²) >= 11 is 0. The molecule has 1 heterocycles. The Morgan fingerprint density at radius 2 is 2.19 bits per heavy atom. The van der Waals surface area contributed by atoms with Gasteiger partial charge in [-0.25, -0.2) is 4.98 Å². The number of hydrogen-bond donors (Lipinski definition) is 1. The van der Waals surface area contributed by atoms with Crippen molar-refractivity contribution >= 4 is 23.1 Å². The molecule has 0 saturated carbocycles. The van der Waals surface area contributed by atoms with Gasteiger partial charge in [0.2, 0.25) is 5.91 Å². The Balaban J connectivity index is 3.19. The Bertz CT molecular complexity index is 431. The highest BCUT2D eigenvalue weighted by Gasteiger charge is 2.14. The summed E-state index contributed by atoms with van der Waals surface area (Å²) in [5, 5.41) is 13.1. The normalized spacial score (nSPS) is 9.69. The number of carbonyl (C=O) groups is 1. The highest BCUT2D eigenvalue weighted by molar-refractivity contribution is 5.91. The second-order valence-corrected chi connectivity index (χ2v) is 3.39. The lowest BCUT2D eigenvalue weighted by atomic mass is 10.3. The van der Waals surface area contributed by atoms with Crippen molar-refractivity contribution in [1.29, 1.82) is 0 Å². The minimum absolute atomic E-state index is 0.113. The van der Waals surface area contributed by atoms with Crippen LogP contribution in [0.5, 0.6) is 0 Å². The van der Waals surface area contributed by atoms with Gasteiger partial charge in [0.05, 0.1) is 10.6 Å². The van der Waals surface area contributed by atoms with E-state index in [2.05, 4.69) is 10.3 Å². The second-order valence-electron chi connectivity index (χ2n) is 3.39. The second kappa shape index (κ2) is 4.56. The monoisotopic (exact) mass is 224 g/mol. The van der Waals surface area contributed by atoms with E-state index in [0.717, 1.165) is 6.20 Å². The molecule has 1 N–H and O–H groups in total. The van der Waals surface area contributed by atoms with Gasteiger partial charge in [-0.05, 0) is 0 Å². The van der Waals surface area contributed by atoms with Crippen LogP contribution in [0.3, 0.4) is 0 Å². The fourth-order valence-electron chi connectivity index (χ4n) is 1.15. The molecule has 0 radical (unpaired) electrons. The van der Waals surface area contributed by atoms with Gasteiger partial charge in [0.1, 0.15) is 6.20 Å². The van der Waals surface area contributed by atoms with E-state index in [1.165, 1.54) is 13.0 Å². The number of nitrogens with one attached hydrogen (secondary N) is 1. The molecular formula is C9H12N4O3. The van der Waals surface area contributed by atoms with Crippen molar-refractivity contribution in [3.63, 3.8) is 0 Å². The first kappa shape index (κ1) is 11.9. The van der Waals surface area contributed by atoms with Crippen molar-refractivity contribution in [1.82, 2.24) is 4.98 Å². The molecule has 0 fully saturated rings. The van der Waals surface area contributed by atoms with E-state index in [1.54, 1.807) is 19.0 Å². The molecule has 0 bridgehead atoms. The van der Waals surface area contributed by atoms with Gasteiger partial charge in [-0.2, -0.15) is 0 Å². The quantitative estimate of drug-likeness (QED) is 0.611. The van der Waals surface area contributed by atoms with E-state index in [4.69, 9.17) is 0 Å². The van der Waals surface area contributed by atoms with E-state index >= 15 is 0 Å². The van der Waals surface area contributed by atoms with Crippen LogP contribution >= 0.6 is 0 Å². The molecular weight excluding hydrogens is 212 g/mol. The van der Waals surface area contributed by atoms with Crippen LogP contribution < -0.4 is 10.2 Å². The topological polar surface area (TPSA) is 88.4 Å². The number of pyridine rings is 1. The lowest BCUT2D eigenvalue weighted by molar-refractivity contribution is -0.385. The molecule has 0 unspecified atom stereocenters. The number of aromatic nitrogens is 1. The standard InChI is InChI=1S/C9H12N4O3/c1-6(14)11-9-8(12(2)3)4-7(5-10-9)13(15)16/h4-5H,1-3H3,(H,10,11,14). The third-order valence-corrected chi connectivity index (χ3v) is 1.84. The first-order valence-electron chi connectivity index (χ1n) is 4.51. The van der Waals surface area contributed by atoms with Crippen molar-refractivity contribution in [2.45, 2.75) is 6.92 Å². The molecule has 0 aliphatic carbocycles. The van der Waals surface area contributed by atoms with Crippen LogP contribution in [0.1, 0.15) is 6.92 Å². The molecule has 0 aromatic carbocycles. The summed E-state index contributed by atoms with van der Waals surface area (Å²) in [7, 11) is 3.43. The maximum absolute atomic E-state index is 10.9. The summed E-state index contributed by atoms with van der Waals surface area (Å²) in [4.78, 5) is 26.4. The number of amides is 1. The summed E-state index contributed by atoms with van der Waals surface area (Å²) in [6.45, 7) is 1.35. The lowest BCUT2D eigenvalue weighted by Gasteiger charge is -2.15. The van der Waals surface area contributed by atoms with Gasteiger partial charge in [0.25, 0.3) is 5.69 Å². The van der Waals surface area contributed by atoms with E-state index in [1.807, 2.05) is 0 Å². The first-order valence-corrected chi connectivity index (χ1v) is 4.51. The Labute approximate surface area is 92.2 Å². The zero-order valence-corrected chi connectivity index (χ0v) is 9.22. The lowest BCUT2D eigenvalue weighted by Crippen LogP contribution is -2.16. The van der Waals surface area contributed by atoms with E-state index in [-0.39, 0.29) is 11.6 Å². The van der Waals surface area contributed by atoms with E-state index in [0.29, 0.717) is 11.5 Å². The van der Waals surface area contributed by atoms with Crippen molar-refractivity contribution in [2.75, 3.05) is 24.3 Å². The third-order valence-electron chi connectivity index (χ3n) is 1.84. The molecule has 0 atom stereocenters. The maximum atomic E-state index is 10.9. The molecule has 0 aliphatic rings. The molecule has 1 rings (SSSR count). The Morgan fingerprint density at radius 3 is 2.62 bits per heavy atom. The van der Waals surface area contributed by atoms with Crippen molar-refractivity contribution in [3.05, 3.63) is 22.4 Å². The summed E-state index contributed by atoms with van der Waals surface area (Å²) in [5.41, 5.74) is 0.377. The average Bonchev–Trinajstić information content (AvgIpc) is 2.16. The minimum atomic E-state index is -0.530. The number of nitro groups is 1. The molecule has 1 aromatic rings. The summed E-state index contributed by atoms with van der Waals surface area (Å²) < 4.78 is 0. The maximum Gasteiger partial charge on any atom is 0.289 e. The van der Waals surface area contributed by atoms with Gasteiger partial charge in [-0.1, -0.05) is 0 Å². The smallest absolute Gasteiger partial charge is 0.289 e.